The van der Waals surface area contributed by atoms with Gasteiger partial charge in [0.05, 0.1) is 6.54 Å². The summed E-state index contributed by atoms with van der Waals surface area (Å²) in [5.74, 6) is 0.0488. The van der Waals surface area contributed by atoms with E-state index in [0.29, 0.717) is 19.1 Å². The molecule has 1 aromatic carbocycles. The van der Waals surface area contributed by atoms with Crippen molar-refractivity contribution in [1.29, 1.82) is 0 Å². The third-order valence-corrected chi connectivity index (χ3v) is 4.50. The van der Waals surface area contributed by atoms with Crippen molar-refractivity contribution in [2.75, 3.05) is 25.0 Å². The third-order valence-electron chi connectivity index (χ3n) is 4.50. The third kappa shape index (κ3) is 3.92. The molecule has 0 radical (unpaired) electrons. The Morgan fingerprint density at radius 2 is 2.12 bits per heavy atom. The van der Waals surface area contributed by atoms with Gasteiger partial charge in [0.1, 0.15) is 0 Å². The molecule has 1 aliphatic heterocycles. The predicted octanol–water partition coefficient (Wildman–Crippen LogP) is 2.04. The SMILES string of the molecule is C[C@H]1CN(C)c2ccccc2CN1CC(=O)NCc1cccnc1. The van der Waals surface area contributed by atoms with Crippen LogP contribution in [0, 0.1) is 0 Å². The van der Waals surface area contributed by atoms with Crippen LogP contribution in [0.15, 0.2) is 48.8 Å². The molecule has 0 fully saturated rings. The molecule has 1 aromatic heterocycles. The first kappa shape index (κ1) is 16.5. The lowest BCUT2D eigenvalue weighted by Gasteiger charge is -2.27. The molecular weight excluding hydrogens is 300 g/mol. The molecular formula is C19H24N4O. The van der Waals surface area contributed by atoms with Crippen LogP contribution in [0.1, 0.15) is 18.1 Å². The minimum atomic E-state index is 0.0488. The molecule has 0 spiro atoms. The van der Waals surface area contributed by atoms with Crippen LogP contribution in [-0.2, 0) is 17.9 Å². The van der Waals surface area contributed by atoms with Gasteiger partial charge in [0.2, 0.25) is 5.91 Å². The molecule has 24 heavy (non-hydrogen) atoms. The summed E-state index contributed by atoms with van der Waals surface area (Å²) in [6.45, 7) is 4.81. The number of para-hydroxylation sites is 1. The molecule has 1 N–H and O–H groups in total. The van der Waals surface area contributed by atoms with Crippen molar-refractivity contribution in [1.82, 2.24) is 15.2 Å². The van der Waals surface area contributed by atoms with Gasteiger partial charge in [-0.05, 0) is 30.2 Å². The van der Waals surface area contributed by atoms with Gasteiger partial charge in [0.15, 0.2) is 0 Å². The second kappa shape index (κ2) is 7.45. The zero-order valence-electron chi connectivity index (χ0n) is 14.3. The summed E-state index contributed by atoms with van der Waals surface area (Å²) in [7, 11) is 2.11. The van der Waals surface area contributed by atoms with E-state index in [2.05, 4.69) is 58.3 Å². The highest BCUT2D eigenvalue weighted by atomic mass is 16.2. The summed E-state index contributed by atoms with van der Waals surface area (Å²) in [5, 5.41) is 2.99. The molecule has 126 valence electrons. The Labute approximate surface area is 143 Å². The largest absolute Gasteiger partial charge is 0.373 e. The number of carbonyl (C=O) groups is 1. The first-order valence-corrected chi connectivity index (χ1v) is 8.32. The zero-order valence-corrected chi connectivity index (χ0v) is 14.3. The Bertz CT molecular complexity index is 689. The highest BCUT2D eigenvalue weighted by molar-refractivity contribution is 5.78. The van der Waals surface area contributed by atoms with E-state index in [0.717, 1.165) is 18.7 Å². The molecule has 0 saturated carbocycles. The number of pyridine rings is 1. The van der Waals surface area contributed by atoms with E-state index in [1.807, 2.05) is 12.1 Å². The first-order chi connectivity index (χ1) is 11.6. The smallest absolute Gasteiger partial charge is 0.234 e. The normalized spacial score (nSPS) is 17.9. The van der Waals surface area contributed by atoms with Gasteiger partial charge in [-0.3, -0.25) is 14.7 Å². The van der Waals surface area contributed by atoms with Crippen molar-refractivity contribution in [2.45, 2.75) is 26.1 Å². The minimum absolute atomic E-state index is 0.0488. The lowest BCUT2D eigenvalue weighted by molar-refractivity contribution is -0.123. The second-order valence-electron chi connectivity index (χ2n) is 6.40. The molecule has 3 rings (SSSR count). The van der Waals surface area contributed by atoms with Crippen LogP contribution >= 0.6 is 0 Å². The van der Waals surface area contributed by atoms with Crippen molar-refractivity contribution in [3.63, 3.8) is 0 Å². The van der Waals surface area contributed by atoms with Gasteiger partial charge in [-0.25, -0.2) is 0 Å². The fourth-order valence-electron chi connectivity index (χ4n) is 3.16. The number of carbonyl (C=O) groups excluding carboxylic acids is 1. The summed E-state index contributed by atoms with van der Waals surface area (Å²) in [4.78, 5) is 20.9. The van der Waals surface area contributed by atoms with Crippen LogP contribution in [0.3, 0.4) is 0 Å². The Hall–Kier alpha value is -2.40. The molecule has 1 aliphatic rings. The van der Waals surface area contributed by atoms with Gasteiger partial charge in [0.25, 0.3) is 0 Å². The van der Waals surface area contributed by atoms with E-state index in [9.17, 15) is 4.79 Å². The number of likely N-dealkylation sites (N-methyl/N-ethyl adjacent to an activating group) is 1. The zero-order chi connectivity index (χ0) is 16.9. The fourth-order valence-corrected chi connectivity index (χ4v) is 3.16. The maximum atomic E-state index is 12.3. The van der Waals surface area contributed by atoms with E-state index in [4.69, 9.17) is 0 Å². The number of rotatable bonds is 4. The van der Waals surface area contributed by atoms with E-state index in [-0.39, 0.29) is 5.91 Å². The maximum Gasteiger partial charge on any atom is 0.234 e. The highest BCUT2D eigenvalue weighted by Gasteiger charge is 2.24. The first-order valence-electron chi connectivity index (χ1n) is 8.32. The number of benzene rings is 1. The summed E-state index contributed by atoms with van der Waals surface area (Å²) in [6.07, 6.45) is 3.51. The Morgan fingerprint density at radius 1 is 1.29 bits per heavy atom. The van der Waals surface area contributed by atoms with Crippen molar-refractivity contribution < 1.29 is 4.79 Å². The van der Waals surface area contributed by atoms with Crippen molar-refractivity contribution in [3.8, 4) is 0 Å². The Balaban J connectivity index is 1.62. The molecule has 1 atom stereocenters. The monoisotopic (exact) mass is 324 g/mol. The van der Waals surface area contributed by atoms with Gasteiger partial charge in [-0.15, -0.1) is 0 Å². The Morgan fingerprint density at radius 3 is 2.92 bits per heavy atom. The minimum Gasteiger partial charge on any atom is -0.373 e. The molecule has 0 unspecified atom stereocenters. The summed E-state index contributed by atoms with van der Waals surface area (Å²) < 4.78 is 0. The maximum absolute atomic E-state index is 12.3. The summed E-state index contributed by atoms with van der Waals surface area (Å²) in [5.41, 5.74) is 3.53. The molecule has 5 heteroatoms. The van der Waals surface area contributed by atoms with Crippen molar-refractivity contribution in [2.24, 2.45) is 0 Å². The van der Waals surface area contributed by atoms with Crippen LogP contribution in [0.2, 0.25) is 0 Å². The van der Waals surface area contributed by atoms with Gasteiger partial charge in [-0.1, -0.05) is 24.3 Å². The number of fused-ring (bicyclic) bond motifs is 1. The summed E-state index contributed by atoms with van der Waals surface area (Å²) >= 11 is 0. The molecule has 0 bridgehead atoms. The van der Waals surface area contributed by atoms with E-state index < -0.39 is 0 Å². The van der Waals surface area contributed by atoms with Crippen LogP contribution < -0.4 is 10.2 Å². The standard InChI is InChI=1S/C19H24N4O/c1-15-12-22(2)18-8-4-3-7-17(18)13-23(15)14-19(24)21-11-16-6-5-9-20-10-16/h3-10,15H,11-14H2,1-2H3,(H,21,24)/t15-/m0/s1. The van der Waals surface area contributed by atoms with Gasteiger partial charge < -0.3 is 10.2 Å². The molecule has 5 nitrogen and oxygen atoms in total. The molecule has 0 aliphatic carbocycles. The number of aromatic nitrogens is 1. The number of amides is 1. The average molecular weight is 324 g/mol. The fraction of sp³-hybridized carbons (Fsp3) is 0.368. The molecule has 2 heterocycles. The lowest BCUT2D eigenvalue weighted by Crippen LogP contribution is -2.43. The van der Waals surface area contributed by atoms with Gasteiger partial charge >= 0.3 is 0 Å². The lowest BCUT2D eigenvalue weighted by atomic mass is 10.1. The van der Waals surface area contributed by atoms with Gasteiger partial charge in [0, 0.05) is 50.8 Å². The Kier molecular flexibility index (Phi) is 5.11. The van der Waals surface area contributed by atoms with Crippen LogP contribution in [0.5, 0.6) is 0 Å². The number of anilines is 1. The van der Waals surface area contributed by atoms with E-state index in [1.54, 1.807) is 12.4 Å². The van der Waals surface area contributed by atoms with Crippen molar-refractivity contribution in [3.05, 3.63) is 59.9 Å². The predicted molar refractivity (Wildman–Crippen MR) is 95.7 cm³/mol. The quantitative estimate of drug-likeness (QED) is 0.935. The highest BCUT2D eigenvalue weighted by Crippen LogP contribution is 2.25. The number of nitrogens with one attached hydrogen (secondary N) is 1. The van der Waals surface area contributed by atoms with E-state index >= 15 is 0 Å². The van der Waals surface area contributed by atoms with E-state index in [1.165, 1.54) is 11.3 Å². The van der Waals surface area contributed by atoms with Gasteiger partial charge in [-0.2, -0.15) is 0 Å². The number of hydrogen-bond acceptors (Lipinski definition) is 4. The molecule has 2 aromatic rings. The second-order valence-corrected chi connectivity index (χ2v) is 6.40. The number of hydrogen-bond donors (Lipinski definition) is 1. The average Bonchev–Trinajstić information content (AvgIpc) is 2.71. The van der Waals surface area contributed by atoms with Crippen LogP contribution in [0.4, 0.5) is 5.69 Å². The molecule has 1 amide bonds. The summed E-state index contributed by atoms with van der Waals surface area (Å²) in [6, 6.07) is 12.6. The number of nitrogens with zero attached hydrogens (tertiary/aromatic N) is 3. The topological polar surface area (TPSA) is 48.5 Å². The van der Waals surface area contributed by atoms with Crippen LogP contribution in [0.25, 0.3) is 0 Å². The van der Waals surface area contributed by atoms with Crippen molar-refractivity contribution >= 4 is 11.6 Å². The van der Waals surface area contributed by atoms with Crippen LogP contribution in [-0.4, -0.2) is 42.0 Å². The molecule has 0 saturated heterocycles.